The van der Waals surface area contributed by atoms with Gasteiger partial charge in [-0.3, -0.25) is 4.90 Å². The van der Waals surface area contributed by atoms with Gasteiger partial charge in [0.05, 0.1) is 6.54 Å². The normalized spacial score (nSPS) is 12.1. The summed E-state index contributed by atoms with van der Waals surface area (Å²) in [7, 11) is 0. The largest absolute Gasteiger partial charge is 0.401 e. The van der Waals surface area contributed by atoms with Crippen LogP contribution in [0.5, 0.6) is 0 Å². The van der Waals surface area contributed by atoms with Crippen molar-refractivity contribution in [1.82, 2.24) is 4.90 Å². The van der Waals surface area contributed by atoms with E-state index in [1.54, 1.807) is 25.1 Å². The Labute approximate surface area is 107 Å². The zero-order chi connectivity index (χ0) is 13.1. The summed E-state index contributed by atoms with van der Waals surface area (Å²) in [5, 5.41) is 0. The van der Waals surface area contributed by atoms with Crippen LogP contribution in [0.25, 0.3) is 0 Å². The van der Waals surface area contributed by atoms with Crippen LogP contribution in [0.1, 0.15) is 12.5 Å². The molecule has 0 fully saturated rings. The lowest BCUT2D eigenvalue weighted by molar-refractivity contribution is -0.146. The Morgan fingerprint density at radius 3 is 2.47 bits per heavy atom. The molecule has 0 aliphatic rings. The molecule has 0 atom stereocenters. The minimum absolute atomic E-state index is 0.259. The number of halogens is 4. The summed E-state index contributed by atoms with van der Waals surface area (Å²) < 4.78 is 37.5. The van der Waals surface area contributed by atoms with Gasteiger partial charge in [-0.05, 0) is 40.2 Å². The van der Waals surface area contributed by atoms with Crippen LogP contribution >= 0.6 is 15.9 Å². The lowest BCUT2D eigenvalue weighted by Crippen LogP contribution is -2.33. The molecule has 1 aromatic rings. The standard InChI is InChI=1S/C11H14BrF3N2/c1-2-17(7-11(13,14)15)6-8-3-4-10(16)9(12)5-8/h3-5H,2,6-7,16H2,1H3. The first-order chi connectivity index (χ1) is 7.81. The highest BCUT2D eigenvalue weighted by Gasteiger charge is 2.29. The van der Waals surface area contributed by atoms with Gasteiger partial charge in [0, 0.05) is 16.7 Å². The SMILES string of the molecule is CCN(Cc1ccc(N)c(Br)c1)CC(F)(F)F. The predicted octanol–water partition coefficient (Wildman–Crippen LogP) is 3.42. The highest BCUT2D eigenvalue weighted by molar-refractivity contribution is 9.10. The van der Waals surface area contributed by atoms with Gasteiger partial charge in [-0.25, -0.2) is 0 Å². The van der Waals surface area contributed by atoms with Crippen molar-refractivity contribution in [2.45, 2.75) is 19.6 Å². The average molecular weight is 311 g/mol. The Balaban J connectivity index is 2.70. The second-order valence-corrected chi connectivity index (χ2v) is 4.63. The molecule has 0 aliphatic heterocycles. The van der Waals surface area contributed by atoms with Gasteiger partial charge >= 0.3 is 6.18 Å². The molecule has 17 heavy (non-hydrogen) atoms. The maximum Gasteiger partial charge on any atom is 0.401 e. The van der Waals surface area contributed by atoms with Gasteiger partial charge in [-0.15, -0.1) is 0 Å². The Kier molecular flexibility index (Phi) is 4.82. The molecule has 0 unspecified atom stereocenters. The topological polar surface area (TPSA) is 29.3 Å². The van der Waals surface area contributed by atoms with Crippen LogP contribution in [0, 0.1) is 0 Å². The van der Waals surface area contributed by atoms with Crippen molar-refractivity contribution in [3.05, 3.63) is 28.2 Å². The molecular formula is C11H14BrF3N2. The van der Waals surface area contributed by atoms with E-state index in [1.165, 1.54) is 4.90 Å². The van der Waals surface area contributed by atoms with Gasteiger partial charge in [0.2, 0.25) is 0 Å². The van der Waals surface area contributed by atoms with E-state index in [0.29, 0.717) is 16.7 Å². The fourth-order valence-electron chi connectivity index (χ4n) is 1.46. The van der Waals surface area contributed by atoms with Crippen molar-refractivity contribution < 1.29 is 13.2 Å². The molecule has 0 aromatic heterocycles. The molecular weight excluding hydrogens is 297 g/mol. The molecule has 2 nitrogen and oxygen atoms in total. The zero-order valence-corrected chi connectivity index (χ0v) is 11.0. The number of nitrogen functional groups attached to an aromatic ring is 1. The van der Waals surface area contributed by atoms with Gasteiger partial charge in [0.15, 0.2) is 0 Å². The van der Waals surface area contributed by atoms with Crippen LogP contribution < -0.4 is 5.73 Å². The number of nitrogens with two attached hydrogens (primary N) is 1. The van der Waals surface area contributed by atoms with Crippen LogP contribution in [0.2, 0.25) is 0 Å². The minimum Gasteiger partial charge on any atom is -0.398 e. The summed E-state index contributed by atoms with van der Waals surface area (Å²) >= 11 is 3.25. The summed E-state index contributed by atoms with van der Waals surface area (Å²) in [6.07, 6.45) is -4.17. The lowest BCUT2D eigenvalue weighted by atomic mass is 10.2. The van der Waals surface area contributed by atoms with E-state index in [4.69, 9.17) is 5.73 Å². The summed E-state index contributed by atoms with van der Waals surface area (Å²) in [6, 6.07) is 5.16. The quantitative estimate of drug-likeness (QED) is 0.864. The fraction of sp³-hybridized carbons (Fsp3) is 0.455. The zero-order valence-electron chi connectivity index (χ0n) is 9.39. The first-order valence-corrected chi connectivity index (χ1v) is 5.94. The number of hydrogen-bond donors (Lipinski definition) is 1. The number of anilines is 1. The maximum atomic E-state index is 12.3. The van der Waals surface area contributed by atoms with E-state index in [-0.39, 0.29) is 6.54 Å². The van der Waals surface area contributed by atoms with E-state index in [2.05, 4.69) is 15.9 Å². The van der Waals surface area contributed by atoms with E-state index < -0.39 is 12.7 Å². The average Bonchev–Trinajstić information content (AvgIpc) is 2.20. The predicted molar refractivity (Wildman–Crippen MR) is 65.6 cm³/mol. The molecule has 0 spiro atoms. The van der Waals surface area contributed by atoms with Gasteiger partial charge in [-0.2, -0.15) is 13.2 Å². The Morgan fingerprint density at radius 2 is 2.00 bits per heavy atom. The highest BCUT2D eigenvalue weighted by Crippen LogP contribution is 2.22. The monoisotopic (exact) mass is 310 g/mol. The van der Waals surface area contributed by atoms with Crippen LogP contribution in [0.4, 0.5) is 18.9 Å². The second kappa shape index (κ2) is 5.73. The summed E-state index contributed by atoms with van der Waals surface area (Å²) in [6.45, 7) is 1.42. The third kappa shape index (κ3) is 4.95. The molecule has 1 rings (SSSR count). The summed E-state index contributed by atoms with van der Waals surface area (Å²) in [5.41, 5.74) is 6.99. The lowest BCUT2D eigenvalue weighted by Gasteiger charge is -2.22. The molecule has 0 aliphatic carbocycles. The van der Waals surface area contributed by atoms with Crippen molar-refractivity contribution in [2.24, 2.45) is 0 Å². The minimum atomic E-state index is -4.17. The molecule has 0 amide bonds. The first kappa shape index (κ1) is 14.3. The van der Waals surface area contributed by atoms with E-state index in [0.717, 1.165) is 5.56 Å². The third-order valence-electron chi connectivity index (χ3n) is 2.32. The maximum absolute atomic E-state index is 12.3. The molecule has 0 heterocycles. The van der Waals surface area contributed by atoms with Gasteiger partial charge < -0.3 is 5.73 Å². The number of hydrogen-bond acceptors (Lipinski definition) is 2. The van der Waals surface area contributed by atoms with E-state index in [9.17, 15) is 13.2 Å². The van der Waals surface area contributed by atoms with Gasteiger partial charge in [0.25, 0.3) is 0 Å². The van der Waals surface area contributed by atoms with Gasteiger partial charge in [-0.1, -0.05) is 13.0 Å². The van der Waals surface area contributed by atoms with Crippen LogP contribution in [0.15, 0.2) is 22.7 Å². The Hall–Kier alpha value is -0.750. The number of rotatable bonds is 4. The van der Waals surface area contributed by atoms with Crippen LogP contribution in [0.3, 0.4) is 0 Å². The van der Waals surface area contributed by atoms with Gasteiger partial charge in [0.1, 0.15) is 0 Å². The van der Waals surface area contributed by atoms with Crippen molar-refractivity contribution in [1.29, 1.82) is 0 Å². The van der Waals surface area contributed by atoms with Crippen molar-refractivity contribution in [2.75, 3.05) is 18.8 Å². The molecule has 0 saturated heterocycles. The molecule has 1 aromatic carbocycles. The van der Waals surface area contributed by atoms with Crippen molar-refractivity contribution in [3.8, 4) is 0 Å². The molecule has 0 radical (unpaired) electrons. The smallest absolute Gasteiger partial charge is 0.398 e. The molecule has 0 saturated carbocycles. The highest BCUT2D eigenvalue weighted by atomic mass is 79.9. The van der Waals surface area contributed by atoms with Crippen LogP contribution in [-0.2, 0) is 6.54 Å². The van der Waals surface area contributed by atoms with Crippen molar-refractivity contribution in [3.63, 3.8) is 0 Å². The third-order valence-corrected chi connectivity index (χ3v) is 3.01. The molecule has 0 bridgehead atoms. The molecule has 6 heteroatoms. The summed E-state index contributed by atoms with van der Waals surface area (Å²) in [4.78, 5) is 1.33. The van der Waals surface area contributed by atoms with Crippen LogP contribution in [-0.4, -0.2) is 24.2 Å². The Morgan fingerprint density at radius 1 is 1.35 bits per heavy atom. The second-order valence-electron chi connectivity index (χ2n) is 3.77. The van der Waals surface area contributed by atoms with E-state index in [1.807, 2.05) is 0 Å². The fourth-order valence-corrected chi connectivity index (χ4v) is 1.89. The Bertz CT molecular complexity index is 379. The molecule has 96 valence electrons. The van der Waals surface area contributed by atoms with Crippen molar-refractivity contribution >= 4 is 21.6 Å². The molecule has 2 N–H and O–H groups in total. The van der Waals surface area contributed by atoms with E-state index >= 15 is 0 Å². The first-order valence-electron chi connectivity index (χ1n) is 5.15. The summed E-state index contributed by atoms with van der Waals surface area (Å²) in [5.74, 6) is 0. The number of benzene rings is 1. The number of alkyl halides is 3. The number of nitrogens with zero attached hydrogens (tertiary/aromatic N) is 1.